The predicted octanol–water partition coefficient (Wildman–Crippen LogP) is 4.12. The van der Waals surface area contributed by atoms with Gasteiger partial charge in [-0.2, -0.15) is 4.98 Å². The van der Waals surface area contributed by atoms with Crippen molar-refractivity contribution in [3.63, 3.8) is 0 Å². The zero-order chi connectivity index (χ0) is 19.8. The van der Waals surface area contributed by atoms with Crippen molar-refractivity contribution in [3.8, 4) is 0 Å². The SMILES string of the molecule is CCCCNc1ncc2c([C@H]3C[C@H]4CC[C@@H](C3)N4)cn(C3CCC(O)CC3)c2n1. The minimum Gasteiger partial charge on any atom is -0.393 e. The van der Waals surface area contributed by atoms with E-state index < -0.39 is 0 Å². The number of nitrogens with zero attached hydrogens (tertiary/aromatic N) is 3. The van der Waals surface area contributed by atoms with Gasteiger partial charge in [-0.3, -0.25) is 0 Å². The Morgan fingerprint density at radius 2 is 1.90 bits per heavy atom. The lowest BCUT2D eigenvalue weighted by molar-refractivity contribution is 0.111. The molecule has 0 spiro atoms. The molecule has 158 valence electrons. The maximum Gasteiger partial charge on any atom is 0.224 e. The molecule has 2 aliphatic heterocycles. The van der Waals surface area contributed by atoms with Gasteiger partial charge in [0.1, 0.15) is 5.65 Å². The van der Waals surface area contributed by atoms with Crippen LogP contribution in [0.1, 0.15) is 88.7 Å². The number of anilines is 1. The summed E-state index contributed by atoms with van der Waals surface area (Å²) in [5, 5.41) is 18.4. The number of aliphatic hydroxyl groups is 1. The van der Waals surface area contributed by atoms with Crippen LogP contribution in [0.3, 0.4) is 0 Å². The molecule has 6 heteroatoms. The van der Waals surface area contributed by atoms with Crippen LogP contribution in [0.15, 0.2) is 12.4 Å². The fraction of sp³-hybridized carbons (Fsp3) is 0.739. The van der Waals surface area contributed by atoms with Gasteiger partial charge in [-0.1, -0.05) is 13.3 Å². The average molecular weight is 398 g/mol. The molecule has 5 rings (SSSR count). The van der Waals surface area contributed by atoms with Gasteiger partial charge in [0.05, 0.1) is 6.10 Å². The number of hydrogen-bond acceptors (Lipinski definition) is 5. The van der Waals surface area contributed by atoms with Crippen LogP contribution in [0.5, 0.6) is 0 Å². The number of aromatic nitrogens is 3. The number of nitrogens with one attached hydrogen (secondary N) is 2. The van der Waals surface area contributed by atoms with Gasteiger partial charge in [0.25, 0.3) is 0 Å². The zero-order valence-corrected chi connectivity index (χ0v) is 17.6. The van der Waals surface area contributed by atoms with Crippen molar-refractivity contribution >= 4 is 17.0 Å². The second-order valence-corrected chi connectivity index (χ2v) is 9.47. The van der Waals surface area contributed by atoms with E-state index in [1.54, 1.807) is 0 Å². The van der Waals surface area contributed by atoms with Gasteiger partial charge in [-0.25, -0.2) is 4.98 Å². The van der Waals surface area contributed by atoms with E-state index in [4.69, 9.17) is 4.98 Å². The Morgan fingerprint density at radius 3 is 2.62 bits per heavy atom. The highest BCUT2D eigenvalue weighted by atomic mass is 16.3. The first kappa shape index (κ1) is 19.3. The first-order valence-corrected chi connectivity index (χ1v) is 11.8. The Labute approximate surface area is 173 Å². The molecule has 2 saturated heterocycles. The van der Waals surface area contributed by atoms with Crippen LogP contribution >= 0.6 is 0 Å². The molecule has 0 aromatic carbocycles. The van der Waals surface area contributed by atoms with Crippen molar-refractivity contribution in [3.05, 3.63) is 18.0 Å². The molecule has 1 saturated carbocycles. The van der Waals surface area contributed by atoms with Crippen LogP contribution in [-0.4, -0.2) is 44.4 Å². The van der Waals surface area contributed by atoms with E-state index >= 15 is 0 Å². The van der Waals surface area contributed by atoms with E-state index in [0.717, 1.165) is 56.7 Å². The molecule has 29 heavy (non-hydrogen) atoms. The van der Waals surface area contributed by atoms with Crippen molar-refractivity contribution in [2.24, 2.45) is 0 Å². The summed E-state index contributed by atoms with van der Waals surface area (Å²) >= 11 is 0. The zero-order valence-electron chi connectivity index (χ0n) is 17.6. The fourth-order valence-corrected chi connectivity index (χ4v) is 5.77. The molecule has 0 radical (unpaired) electrons. The topological polar surface area (TPSA) is 75.0 Å². The van der Waals surface area contributed by atoms with E-state index in [0.29, 0.717) is 24.0 Å². The van der Waals surface area contributed by atoms with E-state index in [2.05, 4.69) is 39.5 Å². The molecule has 3 atom stereocenters. The van der Waals surface area contributed by atoms with Crippen molar-refractivity contribution < 1.29 is 5.11 Å². The van der Waals surface area contributed by atoms with Crippen LogP contribution in [-0.2, 0) is 0 Å². The smallest absolute Gasteiger partial charge is 0.224 e. The minimum atomic E-state index is -0.131. The van der Waals surface area contributed by atoms with E-state index in [1.165, 1.54) is 36.6 Å². The predicted molar refractivity (Wildman–Crippen MR) is 116 cm³/mol. The maximum atomic E-state index is 9.97. The summed E-state index contributed by atoms with van der Waals surface area (Å²) < 4.78 is 2.42. The lowest BCUT2D eigenvalue weighted by atomic mass is 9.86. The number of aliphatic hydroxyl groups excluding tert-OH is 1. The largest absolute Gasteiger partial charge is 0.393 e. The molecule has 2 aromatic rings. The van der Waals surface area contributed by atoms with Crippen molar-refractivity contribution in [2.45, 2.75) is 101 Å². The van der Waals surface area contributed by atoms with Crippen molar-refractivity contribution in [1.29, 1.82) is 0 Å². The highest BCUT2D eigenvalue weighted by Gasteiger charge is 2.36. The first-order valence-electron chi connectivity index (χ1n) is 11.8. The molecule has 1 aliphatic carbocycles. The lowest BCUT2D eigenvalue weighted by Crippen LogP contribution is -2.37. The fourth-order valence-electron chi connectivity index (χ4n) is 5.77. The highest BCUT2D eigenvalue weighted by molar-refractivity contribution is 5.81. The molecular weight excluding hydrogens is 362 g/mol. The number of piperidine rings is 1. The van der Waals surface area contributed by atoms with Gasteiger partial charge < -0.3 is 20.3 Å². The molecule has 6 nitrogen and oxygen atoms in total. The Morgan fingerprint density at radius 1 is 1.14 bits per heavy atom. The monoisotopic (exact) mass is 397 g/mol. The lowest BCUT2D eigenvalue weighted by Gasteiger charge is -2.29. The van der Waals surface area contributed by atoms with Crippen LogP contribution in [0, 0.1) is 0 Å². The highest BCUT2D eigenvalue weighted by Crippen LogP contribution is 2.42. The maximum absolute atomic E-state index is 9.97. The van der Waals surface area contributed by atoms with Crippen LogP contribution in [0.4, 0.5) is 5.95 Å². The number of fused-ring (bicyclic) bond motifs is 3. The van der Waals surface area contributed by atoms with Gasteiger partial charge in [-0.05, 0) is 69.3 Å². The summed E-state index contributed by atoms with van der Waals surface area (Å²) in [7, 11) is 0. The van der Waals surface area contributed by atoms with E-state index in [1.807, 2.05) is 0 Å². The molecule has 3 aliphatic rings. The molecule has 3 N–H and O–H groups in total. The second kappa shape index (κ2) is 8.23. The Bertz CT molecular complexity index is 829. The standard InChI is InChI=1S/C23H35N5O/c1-2-3-10-24-23-25-13-20-21(15-11-16-4-5-17(12-15)26-16)14-28(22(20)27-23)18-6-8-19(29)9-7-18/h13-19,26,29H,2-12H2,1H3,(H,24,25,27)/t15-,16+,17-,18?,19?. The Kier molecular flexibility index (Phi) is 5.48. The summed E-state index contributed by atoms with van der Waals surface area (Å²) in [6.07, 6.45) is 15.6. The molecule has 4 heterocycles. The first-order chi connectivity index (χ1) is 14.2. The molecule has 0 amide bonds. The number of rotatable bonds is 6. The summed E-state index contributed by atoms with van der Waals surface area (Å²) in [5.41, 5.74) is 2.53. The Balaban J connectivity index is 1.49. The molecular formula is C23H35N5O. The van der Waals surface area contributed by atoms with Crippen LogP contribution < -0.4 is 10.6 Å². The summed E-state index contributed by atoms with van der Waals surface area (Å²) in [4.78, 5) is 9.64. The van der Waals surface area contributed by atoms with Gasteiger partial charge in [-0.15, -0.1) is 0 Å². The van der Waals surface area contributed by atoms with Gasteiger partial charge in [0, 0.05) is 42.5 Å². The minimum absolute atomic E-state index is 0.131. The average Bonchev–Trinajstić information content (AvgIpc) is 3.28. The van der Waals surface area contributed by atoms with Gasteiger partial charge in [0.2, 0.25) is 5.95 Å². The molecule has 0 unspecified atom stereocenters. The Hall–Kier alpha value is -1.66. The summed E-state index contributed by atoms with van der Waals surface area (Å²) in [5.74, 6) is 1.35. The third-order valence-corrected chi connectivity index (χ3v) is 7.39. The molecule has 3 fully saturated rings. The van der Waals surface area contributed by atoms with Gasteiger partial charge in [0.15, 0.2) is 0 Å². The summed E-state index contributed by atoms with van der Waals surface area (Å²) in [6, 6.07) is 1.79. The van der Waals surface area contributed by atoms with Gasteiger partial charge >= 0.3 is 0 Å². The van der Waals surface area contributed by atoms with Crippen molar-refractivity contribution in [1.82, 2.24) is 19.9 Å². The third-order valence-electron chi connectivity index (χ3n) is 7.39. The summed E-state index contributed by atoms with van der Waals surface area (Å²) in [6.45, 7) is 3.12. The normalized spacial score (nSPS) is 32.0. The van der Waals surface area contributed by atoms with Crippen molar-refractivity contribution in [2.75, 3.05) is 11.9 Å². The molecule has 2 bridgehead atoms. The number of unbranched alkanes of at least 4 members (excludes halogenated alkanes) is 1. The molecule has 2 aromatic heterocycles. The second-order valence-electron chi connectivity index (χ2n) is 9.47. The quantitative estimate of drug-likeness (QED) is 0.640. The van der Waals surface area contributed by atoms with E-state index in [9.17, 15) is 5.11 Å². The van der Waals surface area contributed by atoms with E-state index in [-0.39, 0.29) is 6.10 Å². The van der Waals surface area contributed by atoms with Crippen LogP contribution in [0.25, 0.3) is 11.0 Å². The van der Waals surface area contributed by atoms with Crippen LogP contribution in [0.2, 0.25) is 0 Å². The number of hydrogen-bond donors (Lipinski definition) is 3. The third kappa shape index (κ3) is 3.89.